The third-order valence-corrected chi connectivity index (χ3v) is 4.90. The number of anilines is 2. The molecule has 1 aromatic heterocycles. The maximum absolute atomic E-state index is 11.8. The molecule has 2 heterocycles. The first kappa shape index (κ1) is 20.7. The standard InChI is InChI=1S/C21H29N5O3/c1-3-29-21(27)26-14-10-17(11-15-26)24-20-23-13-9-19(25-20)22-12-8-16-6-4-5-7-18(16)28-2/h4-7,9,13,17H,3,8,10-12,14-15H2,1-2H3,(H2,22,23,24,25). The van der Waals surface area contributed by atoms with Crippen LogP contribution >= 0.6 is 0 Å². The van der Waals surface area contributed by atoms with Crippen molar-refractivity contribution in [1.82, 2.24) is 14.9 Å². The van der Waals surface area contributed by atoms with E-state index in [0.717, 1.165) is 42.9 Å². The van der Waals surface area contributed by atoms with Crippen LogP contribution in [0.2, 0.25) is 0 Å². The summed E-state index contributed by atoms with van der Waals surface area (Å²) in [6, 6.07) is 10.1. The number of nitrogens with zero attached hydrogens (tertiary/aromatic N) is 3. The average molecular weight is 399 g/mol. The minimum atomic E-state index is -0.233. The zero-order valence-corrected chi connectivity index (χ0v) is 17.1. The Labute approximate surface area is 171 Å². The molecule has 0 unspecified atom stereocenters. The number of rotatable bonds is 8. The lowest BCUT2D eigenvalue weighted by Crippen LogP contribution is -2.42. The van der Waals surface area contributed by atoms with Gasteiger partial charge >= 0.3 is 6.09 Å². The van der Waals surface area contributed by atoms with Crippen LogP contribution < -0.4 is 15.4 Å². The second-order valence-electron chi connectivity index (χ2n) is 6.86. The van der Waals surface area contributed by atoms with Crippen molar-refractivity contribution in [3.05, 3.63) is 42.1 Å². The van der Waals surface area contributed by atoms with Gasteiger partial charge in [0.25, 0.3) is 0 Å². The van der Waals surface area contributed by atoms with Crippen molar-refractivity contribution in [2.45, 2.75) is 32.2 Å². The molecule has 0 radical (unpaired) electrons. The van der Waals surface area contributed by atoms with Gasteiger partial charge in [-0.15, -0.1) is 0 Å². The van der Waals surface area contributed by atoms with Gasteiger partial charge in [-0.2, -0.15) is 4.98 Å². The monoisotopic (exact) mass is 399 g/mol. The Kier molecular flexibility index (Phi) is 7.49. The minimum absolute atomic E-state index is 0.233. The summed E-state index contributed by atoms with van der Waals surface area (Å²) in [5.74, 6) is 2.27. The number of para-hydroxylation sites is 1. The van der Waals surface area contributed by atoms with Crippen LogP contribution in [0.3, 0.4) is 0 Å². The molecule has 1 aromatic carbocycles. The van der Waals surface area contributed by atoms with E-state index >= 15 is 0 Å². The van der Waals surface area contributed by atoms with Gasteiger partial charge in [-0.05, 0) is 43.9 Å². The SMILES string of the molecule is CCOC(=O)N1CCC(Nc2nccc(NCCc3ccccc3OC)n2)CC1. The van der Waals surface area contributed by atoms with Gasteiger partial charge in [-0.1, -0.05) is 18.2 Å². The third-order valence-electron chi connectivity index (χ3n) is 4.90. The average Bonchev–Trinajstić information content (AvgIpc) is 2.75. The zero-order chi connectivity index (χ0) is 20.5. The van der Waals surface area contributed by atoms with Crippen LogP contribution in [0.4, 0.5) is 16.6 Å². The number of amides is 1. The fourth-order valence-corrected chi connectivity index (χ4v) is 3.37. The Morgan fingerprint density at radius 3 is 2.79 bits per heavy atom. The highest BCUT2D eigenvalue weighted by Gasteiger charge is 2.23. The highest BCUT2D eigenvalue weighted by Crippen LogP contribution is 2.18. The number of carbonyl (C=O) groups excluding carboxylic acids is 1. The number of likely N-dealkylation sites (tertiary alicyclic amines) is 1. The Morgan fingerprint density at radius 2 is 2.03 bits per heavy atom. The van der Waals surface area contributed by atoms with E-state index in [1.54, 1.807) is 18.2 Å². The van der Waals surface area contributed by atoms with Crippen LogP contribution in [0.5, 0.6) is 5.75 Å². The van der Waals surface area contributed by atoms with E-state index in [9.17, 15) is 4.79 Å². The molecular formula is C21H29N5O3. The number of hydrogen-bond acceptors (Lipinski definition) is 7. The number of carbonyl (C=O) groups is 1. The van der Waals surface area contributed by atoms with Gasteiger partial charge in [0.1, 0.15) is 11.6 Å². The second kappa shape index (κ2) is 10.5. The van der Waals surface area contributed by atoms with Crippen molar-refractivity contribution in [3.8, 4) is 5.75 Å². The highest BCUT2D eigenvalue weighted by atomic mass is 16.6. The first-order valence-electron chi connectivity index (χ1n) is 10.1. The van der Waals surface area contributed by atoms with Crippen LogP contribution in [-0.4, -0.2) is 60.4 Å². The predicted octanol–water partition coefficient (Wildman–Crippen LogP) is 3.17. The summed E-state index contributed by atoms with van der Waals surface area (Å²) in [6.07, 6.45) is 4.03. The maximum atomic E-state index is 11.8. The van der Waals surface area contributed by atoms with Crippen LogP contribution in [-0.2, 0) is 11.2 Å². The lowest BCUT2D eigenvalue weighted by Gasteiger charge is -2.31. The normalized spacial score (nSPS) is 14.3. The van der Waals surface area contributed by atoms with Crippen LogP contribution in [0, 0.1) is 0 Å². The summed E-state index contributed by atoms with van der Waals surface area (Å²) in [7, 11) is 1.69. The molecule has 0 saturated carbocycles. The number of aromatic nitrogens is 2. The summed E-state index contributed by atoms with van der Waals surface area (Å²) in [5, 5.41) is 6.72. The van der Waals surface area contributed by atoms with E-state index in [1.165, 1.54) is 0 Å². The Morgan fingerprint density at radius 1 is 1.24 bits per heavy atom. The van der Waals surface area contributed by atoms with Gasteiger partial charge < -0.3 is 25.0 Å². The van der Waals surface area contributed by atoms with E-state index in [2.05, 4.69) is 26.7 Å². The Hall–Kier alpha value is -3.03. The van der Waals surface area contributed by atoms with E-state index in [0.29, 0.717) is 25.6 Å². The number of piperidine rings is 1. The van der Waals surface area contributed by atoms with E-state index in [4.69, 9.17) is 9.47 Å². The molecule has 156 valence electrons. The topological polar surface area (TPSA) is 88.6 Å². The molecule has 1 amide bonds. The first-order valence-corrected chi connectivity index (χ1v) is 10.1. The molecule has 0 bridgehead atoms. The molecule has 1 fully saturated rings. The fraction of sp³-hybridized carbons (Fsp3) is 0.476. The Balaban J connectivity index is 1.47. The van der Waals surface area contributed by atoms with Gasteiger partial charge in [0.05, 0.1) is 13.7 Å². The molecule has 8 nitrogen and oxygen atoms in total. The number of nitrogens with one attached hydrogen (secondary N) is 2. The summed E-state index contributed by atoms with van der Waals surface area (Å²) >= 11 is 0. The predicted molar refractivity (Wildman–Crippen MR) is 112 cm³/mol. The van der Waals surface area contributed by atoms with Crippen molar-refractivity contribution in [3.63, 3.8) is 0 Å². The molecule has 8 heteroatoms. The summed E-state index contributed by atoms with van der Waals surface area (Å²) in [5.41, 5.74) is 1.16. The van der Waals surface area contributed by atoms with Crippen LogP contribution in [0.15, 0.2) is 36.5 Å². The molecular weight excluding hydrogens is 370 g/mol. The summed E-state index contributed by atoms with van der Waals surface area (Å²) < 4.78 is 10.5. The molecule has 1 saturated heterocycles. The zero-order valence-electron chi connectivity index (χ0n) is 17.1. The lowest BCUT2D eigenvalue weighted by molar-refractivity contribution is 0.0983. The van der Waals surface area contributed by atoms with Gasteiger partial charge in [0, 0.05) is 31.9 Å². The second-order valence-corrected chi connectivity index (χ2v) is 6.86. The molecule has 0 aliphatic carbocycles. The van der Waals surface area contributed by atoms with Crippen molar-refractivity contribution in [2.24, 2.45) is 0 Å². The van der Waals surface area contributed by atoms with E-state index in [-0.39, 0.29) is 12.1 Å². The quantitative estimate of drug-likeness (QED) is 0.705. The molecule has 0 atom stereocenters. The largest absolute Gasteiger partial charge is 0.496 e. The van der Waals surface area contributed by atoms with Crippen LogP contribution in [0.1, 0.15) is 25.3 Å². The number of benzene rings is 1. The minimum Gasteiger partial charge on any atom is -0.496 e. The summed E-state index contributed by atoms with van der Waals surface area (Å²) in [6.45, 7) is 4.32. The molecule has 1 aliphatic heterocycles. The molecule has 1 aliphatic rings. The number of hydrogen-bond donors (Lipinski definition) is 2. The van der Waals surface area contributed by atoms with E-state index in [1.807, 2.05) is 31.2 Å². The Bertz CT molecular complexity index is 793. The first-order chi connectivity index (χ1) is 14.2. The highest BCUT2D eigenvalue weighted by molar-refractivity contribution is 5.67. The lowest BCUT2D eigenvalue weighted by atomic mass is 10.1. The van der Waals surface area contributed by atoms with Gasteiger partial charge in [-0.25, -0.2) is 9.78 Å². The number of ether oxygens (including phenoxy) is 2. The van der Waals surface area contributed by atoms with Crippen molar-refractivity contribution >= 4 is 17.9 Å². The molecule has 29 heavy (non-hydrogen) atoms. The maximum Gasteiger partial charge on any atom is 0.409 e. The van der Waals surface area contributed by atoms with E-state index < -0.39 is 0 Å². The van der Waals surface area contributed by atoms with Crippen molar-refractivity contribution in [2.75, 3.05) is 44.0 Å². The molecule has 2 aromatic rings. The summed E-state index contributed by atoms with van der Waals surface area (Å²) in [4.78, 5) is 22.4. The molecule has 0 spiro atoms. The van der Waals surface area contributed by atoms with Gasteiger partial charge in [0.2, 0.25) is 5.95 Å². The van der Waals surface area contributed by atoms with Gasteiger partial charge in [0.15, 0.2) is 0 Å². The van der Waals surface area contributed by atoms with Gasteiger partial charge in [-0.3, -0.25) is 0 Å². The van der Waals surface area contributed by atoms with Crippen molar-refractivity contribution in [1.29, 1.82) is 0 Å². The van der Waals surface area contributed by atoms with Crippen LogP contribution in [0.25, 0.3) is 0 Å². The molecule has 3 rings (SSSR count). The third kappa shape index (κ3) is 5.97. The molecule has 2 N–H and O–H groups in total. The van der Waals surface area contributed by atoms with Crippen molar-refractivity contribution < 1.29 is 14.3 Å². The smallest absolute Gasteiger partial charge is 0.409 e. The fourth-order valence-electron chi connectivity index (χ4n) is 3.37. The number of methoxy groups -OCH3 is 1.